The first kappa shape index (κ1) is 21.5. The number of esters is 1. The molecule has 0 radical (unpaired) electrons. The van der Waals surface area contributed by atoms with Crippen LogP contribution in [0.4, 0.5) is 5.69 Å². The van der Waals surface area contributed by atoms with Crippen LogP contribution < -0.4 is 15.4 Å². The maximum absolute atomic E-state index is 13.8. The highest BCUT2D eigenvalue weighted by Crippen LogP contribution is 2.42. The molecule has 1 aliphatic rings. The van der Waals surface area contributed by atoms with Crippen LogP contribution in [0.15, 0.2) is 115 Å². The van der Waals surface area contributed by atoms with Crippen LogP contribution in [0.3, 0.4) is 0 Å². The summed E-state index contributed by atoms with van der Waals surface area (Å²) in [6, 6.07) is 35.1. The lowest BCUT2D eigenvalue weighted by atomic mass is 9.77. The number of benzene rings is 4. The van der Waals surface area contributed by atoms with Gasteiger partial charge in [-0.25, -0.2) is 4.79 Å². The first-order valence-corrected chi connectivity index (χ1v) is 11.2. The molecular formula is C29H24N2O3. The maximum Gasteiger partial charge on any atom is 0.340 e. The van der Waals surface area contributed by atoms with Gasteiger partial charge in [0.15, 0.2) is 5.54 Å². The molecule has 5 nitrogen and oxygen atoms in total. The summed E-state index contributed by atoms with van der Waals surface area (Å²) in [7, 11) is 0. The molecule has 0 unspecified atom stereocenters. The number of hydrogen-bond donors (Lipinski definition) is 2. The maximum atomic E-state index is 13.8. The van der Waals surface area contributed by atoms with E-state index in [2.05, 4.69) is 10.6 Å². The lowest BCUT2D eigenvalue weighted by Crippen LogP contribution is -2.64. The summed E-state index contributed by atoms with van der Waals surface area (Å²) in [5, 5.41) is 6.60. The Hall–Kier alpha value is -4.38. The van der Waals surface area contributed by atoms with Crippen molar-refractivity contribution in [2.24, 2.45) is 0 Å². The van der Waals surface area contributed by atoms with E-state index in [9.17, 15) is 9.59 Å². The summed E-state index contributed by atoms with van der Waals surface area (Å²) in [6.45, 7) is 0. The van der Waals surface area contributed by atoms with Gasteiger partial charge in [0, 0.05) is 23.2 Å². The minimum atomic E-state index is -1.39. The highest BCUT2D eigenvalue weighted by molar-refractivity contribution is 6.00. The largest absolute Gasteiger partial charge is 0.424 e. The van der Waals surface area contributed by atoms with Crippen molar-refractivity contribution in [3.05, 3.63) is 132 Å². The summed E-state index contributed by atoms with van der Waals surface area (Å²) in [6.07, 6.45) is 0.254. The fraction of sp³-hybridized carbons (Fsp3) is 0.103. The molecule has 1 amide bonds. The zero-order valence-corrected chi connectivity index (χ0v) is 18.5. The van der Waals surface area contributed by atoms with E-state index >= 15 is 0 Å². The summed E-state index contributed by atoms with van der Waals surface area (Å²) >= 11 is 0. The lowest BCUT2D eigenvalue weighted by Gasteiger charge is -2.43. The van der Waals surface area contributed by atoms with Gasteiger partial charge in [0.2, 0.25) is 0 Å². The second-order valence-electron chi connectivity index (χ2n) is 8.32. The smallest absolute Gasteiger partial charge is 0.340 e. The fourth-order valence-corrected chi connectivity index (χ4v) is 4.41. The summed E-state index contributed by atoms with van der Waals surface area (Å²) in [5.74, 6) is -0.362. The summed E-state index contributed by atoms with van der Waals surface area (Å²) < 4.78 is 5.83. The minimum absolute atomic E-state index is 0.254. The van der Waals surface area contributed by atoms with E-state index in [0.717, 1.165) is 16.8 Å². The minimum Gasteiger partial charge on any atom is -0.424 e. The molecule has 1 aliphatic heterocycles. The van der Waals surface area contributed by atoms with Gasteiger partial charge in [-0.3, -0.25) is 4.79 Å². The van der Waals surface area contributed by atoms with E-state index in [1.807, 2.05) is 84.9 Å². The van der Waals surface area contributed by atoms with Gasteiger partial charge in [0.05, 0.1) is 6.04 Å². The van der Waals surface area contributed by atoms with Crippen molar-refractivity contribution in [2.75, 3.05) is 5.32 Å². The van der Waals surface area contributed by atoms with Crippen molar-refractivity contribution in [1.82, 2.24) is 5.32 Å². The Balaban J connectivity index is 1.65. The third-order valence-corrected chi connectivity index (χ3v) is 6.07. The first-order chi connectivity index (χ1) is 16.7. The molecule has 5 rings (SSSR count). The number of para-hydroxylation sites is 2. The number of amides is 1. The van der Waals surface area contributed by atoms with Gasteiger partial charge in [-0.2, -0.15) is 0 Å². The second kappa shape index (κ2) is 9.24. The lowest BCUT2D eigenvalue weighted by molar-refractivity contribution is -0.144. The molecular weight excluding hydrogens is 424 g/mol. The summed E-state index contributed by atoms with van der Waals surface area (Å²) in [5.41, 5.74) is 1.63. The van der Waals surface area contributed by atoms with Gasteiger partial charge in [0.1, 0.15) is 5.75 Å². The Labute approximate surface area is 198 Å². The number of rotatable bonds is 6. The van der Waals surface area contributed by atoms with Gasteiger partial charge in [-0.05, 0) is 35.9 Å². The predicted octanol–water partition coefficient (Wildman–Crippen LogP) is 5.17. The molecule has 34 heavy (non-hydrogen) atoms. The molecule has 1 heterocycles. The molecule has 0 fully saturated rings. The van der Waals surface area contributed by atoms with E-state index < -0.39 is 17.6 Å². The van der Waals surface area contributed by atoms with Gasteiger partial charge in [-0.15, -0.1) is 0 Å². The highest BCUT2D eigenvalue weighted by atomic mass is 16.5. The van der Waals surface area contributed by atoms with Crippen LogP contribution in [0.5, 0.6) is 5.75 Å². The number of anilines is 1. The van der Waals surface area contributed by atoms with Crippen molar-refractivity contribution in [2.45, 2.75) is 18.0 Å². The molecule has 2 N–H and O–H groups in total. The SMILES string of the molecule is O=C(N[C@]1(Cc2ccccc2)C(=O)Oc2ccccc2[C@H]1Nc1ccccc1)c1ccccc1. The first-order valence-electron chi connectivity index (χ1n) is 11.2. The van der Waals surface area contributed by atoms with Crippen molar-refractivity contribution in [1.29, 1.82) is 0 Å². The Kier molecular flexibility index (Phi) is 5.83. The molecule has 0 aliphatic carbocycles. The Bertz CT molecular complexity index is 1290. The fourth-order valence-electron chi connectivity index (χ4n) is 4.41. The second-order valence-corrected chi connectivity index (χ2v) is 8.32. The predicted molar refractivity (Wildman–Crippen MR) is 132 cm³/mol. The molecule has 2 atom stereocenters. The van der Waals surface area contributed by atoms with E-state index in [1.165, 1.54) is 0 Å². The van der Waals surface area contributed by atoms with E-state index in [4.69, 9.17) is 4.74 Å². The molecule has 0 bridgehead atoms. The monoisotopic (exact) mass is 448 g/mol. The molecule has 0 spiro atoms. The van der Waals surface area contributed by atoms with Crippen LogP contribution in [0.25, 0.3) is 0 Å². The van der Waals surface area contributed by atoms with E-state index in [0.29, 0.717) is 11.3 Å². The number of nitrogens with one attached hydrogen (secondary N) is 2. The quantitative estimate of drug-likeness (QED) is 0.315. The van der Waals surface area contributed by atoms with Gasteiger partial charge in [-0.1, -0.05) is 84.9 Å². The summed E-state index contributed by atoms with van der Waals surface area (Å²) in [4.78, 5) is 27.2. The highest BCUT2D eigenvalue weighted by Gasteiger charge is 2.53. The third-order valence-electron chi connectivity index (χ3n) is 6.07. The molecule has 5 heteroatoms. The average Bonchev–Trinajstić information content (AvgIpc) is 2.88. The molecule has 0 saturated heterocycles. The van der Waals surface area contributed by atoms with E-state index in [-0.39, 0.29) is 12.3 Å². The van der Waals surface area contributed by atoms with Crippen molar-refractivity contribution >= 4 is 17.6 Å². The van der Waals surface area contributed by atoms with Gasteiger partial charge < -0.3 is 15.4 Å². The number of hydrogen-bond acceptors (Lipinski definition) is 4. The van der Waals surface area contributed by atoms with Crippen LogP contribution in [-0.2, 0) is 11.2 Å². The third kappa shape index (κ3) is 4.16. The zero-order chi connectivity index (χ0) is 23.4. The van der Waals surface area contributed by atoms with Crippen LogP contribution >= 0.6 is 0 Å². The number of ether oxygens (including phenoxy) is 1. The number of carbonyl (C=O) groups is 2. The van der Waals surface area contributed by atoms with Crippen molar-refractivity contribution in [3.8, 4) is 5.75 Å². The van der Waals surface area contributed by atoms with Gasteiger partial charge in [0.25, 0.3) is 5.91 Å². The Morgan fingerprint density at radius 3 is 2.06 bits per heavy atom. The normalized spacial score (nSPS) is 18.9. The Morgan fingerprint density at radius 1 is 0.765 bits per heavy atom. The van der Waals surface area contributed by atoms with Crippen molar-refractivity contribution < 1.29 is 14.3 Å². The average molecular weight is 449 g/mol. The van der Waals surface area contributed by atoms with Crippen LogP contribution in [0, 0.1) is 0 Å². The number of fused-ring (bicyclic) bond motifs is 1. The Morgan fingerprint density at radius 2 is 1.35 bits per heavy atom. The van der Waals surface area contributed by atoms with E-state index in [1.54, 1.807) is 30.3 Å². The number of carbonyl (C=O) groups excluding carboxylic acids is 2. The van der Waals surface area contributed by atoms with Crippen LogP contribution in [-0.4, -0.2) is 17.4 Å². The molecule has 0 saturated carbocycles. The van der Waals surface area contributed by atoms with Crippen LogP contribution in [0.2, 0.25) is 0 Å². The molecule has 4 aromatic rings. The topological polar surface area (TPSA) is 67.4 Å². The molecule has 4 aromatic carbocycles. The molecule has 168 valence electrons. The van der Waals surface area contributed by atoms with Crippen LogP contribution in [0.1, 0.15) is 27.5 Å². The standard InChI is InChI=1S/C29H24N2O3/c32-27(22-14-6-2-7-15-22)31-29(20-21-12-4-1-5-13-21)26(30-23-16-8-3-9-17-23)24-18-10-11-19-25(24)34-28(29)33/h1-19,26,30H,20H2,(H,31,32)/t26-,29+/m1/s1. The zero-order valence-electron chi connectivity index (χ0n) is 18.5. The van der Waals surface area contributed by atoms with Gasteiger partial charge >= 0.3 is 5.97 Å². The molecule has 0 aromatic heterocycles. The van der Waals surface area contributed by atoms with Crippen molar-refractivity contribution in [3.63, 3.8) is 0 Å².